The van der Waals surface area contributed by atoms with Crippen molar-refractivity contribution in [1.82, 2.24) is 0 Å². The van der Waals surface area contributed by atoms with E-state index < -0.39 is 0 Å². The highest BCUT2D eigenvalue weighted by Gasteiger charge is 1.26. The molecule has 30 valence electrons. The largest absolute Gasteiger partial charge is 0.154 e. The Morgan fingerprint density at radius 2 is 1.60 bits per heavy atom. The van der Waals surface area contributed by atoms with E-state index in [2.05, 4.69) is 17.4 Å². The summed E-state index contributed by atoms with van der Waals surface area (Å²) in [5.41, 5.74) is 4.50. The Hall–Kier alpha value is -0.510. The lowest BCUT2D eigenvalue weighted by Crippen LogP contribution is -0.941. The fourth-order valence-electron chi connectivity index (χ4n) is 0. The molecule has 0 atom stereocenters. The second-order valence-electron chi connectivity index (χ2n) is 0.0690. The number of nitroso groups, excluding NO2 is 2. The molecule has 1 N–H and O–H groups in total. The van der Waals surface area contributed by atoms with Gasteiger partial charge in [0.05, 0.1) is 11.8 Å². The summed E-state index contributed by atoms with van der Waals surface area (Å²) in [4.78, 5) is 15.8. The molecule has 0 bridgehead atoms. The van der Waals surface area contributed by atoms with Gasteiger partial charge in [0.1, 0.15) is 0 Å². The lowest BCUT2D eigenvalue weighted by molar-refractivity contribution is 1.49. The van der Waals surface area contributed by atoms with Gasteiger partial charge in [-0.25, -0.2) is 0 Å². The van der Waals surface area contributed by atoms with E-state index in [4.69, 9.17) is 9.81 Å². The molecule has 0 aliphatic rings. The number of nitrogens with zero attached hydrogens (tertiary/aromatic N) is 1. The molecule has 0 aromatic heterocycles. The van der Waals surface area contributed by atoms with Crippen molar-refractivity contribution >= 4 is 11.8 Å². The molecule has 0 radical (unpaired) electrons. The maximum absolute atomic E-state index is 8.32. The third-order valence-electron chi connectivity index (χ3n) is 0. The van der Waals surface area contributed by atoms with Gasteiger partial charge < -0.3 is 0 Å². The van der Waals surface area contributed by atoms with Crippen LogP contribution in [0.1, 0.15) is 0 Å². The molecule has 0 rings (SSSR count). The van der Waals surface area contributed by atoms with Gasteiger partial charge in [-0.1, -0.05) is 5.59 Å². The molecular weight excluding hydrogens is 95.5 g/mol. The van der Waals surface area contributed by atoms with Crippen LogP contribution in [0.25, 0.3) is 0 Å². The molecule has 0 amide bonds. The average molecular weight is 96.5 g/mol. The fraction of sp³-hybridized carbons (Fsp3) is 0. The van der Waals surface area contributed by atoms with Crippen molar-refractivity contribution in [2.45, 2.75) is 0 Å². The number of hydrogen-bond donors (Lipinski definition) is 1. The van der Waals surface area contributed by atoms with Crippen LogP contribution in [0.4, 0.5) is 0 Å². The van der Waals surface area contributed by atoms with E-state index in [0.717, 1.165) is 0 Å². The van der Waals surface area contributed by atoms with Gasteiger partial charge in [0.2, 0.25) is 0 Å². The number of nitrogens with one attached hydrogen (secondary N) is 1. The summed E-state index contributed by atoms with van der Waals surface area (Å²) in [7, 11) is 0. The van der Waals surface area contributed by atoms with Crippen molar-refractivity contribution in [2.75, 3.05) is 0 Å². The number of hydrogen-bond acceptors (Lipinski definition) is 4. The Morgan fingerprint density at radius 1 is 1.60 bits per heavy atom. The second kappa shape index (κ2) is 90.1. The van der Waals surface area contributed by atoms with E-state index in [9.17, 15) is 0 Å². The third-order valence-corrected chi connectivity index (χ3v) is 0. The number of rotatable bonds is 0. The summed E-state index contributed by atoms with van der Waals surface area (Å²) in [5.74, 6) is 0. The summed E-state index contributed by atoms with van der Waals surface area (Å²) < 4.78 is 1.72. The van der Waals surface area contributed by atoms with Crippen LogP contribution < -0.4 is 0 Å². The fourth-order valence-corrected chi connectivity index (χ4v) is 0. The molecule has 0 aromatic rings. The van der Waals surface area contributed by atoms with Gasteiger partial charge in [0.25, 0.3) is 0 Å². The monoisotopic (exact) mass is 96.0 g/mol. The Labute approximate surface area is 33.0 Å². The first-order chi connectivity index (χ1) is 2.41. The Bertz CT molecular complexity index is 21.6. The van der Waals surface area contributed by atoms with Crippen LogP contribution in [0.5, 0.6) is 0 Å². The predicted octanol–water partition coefficient (Wildman–Crippen LogP) is 1.24. The summed E-state index contributed by atoms with van der Waals surface area (Å²) in [6.45, 7) is 0. The van der Waals surface area contributed by atoms with E-state index in [1.165, 1.54) is 0 Å². The first kappa shape index (κ1) is 8.82. The third kappa shape index (κ3) is 29.8. The molecule has 0 aliphatic heterocycles. The van der Waals surface area contributed by atoms with Gasteiger partial charge >= 0.3 is 0 Å². The van der Waals surface area contributed by atoms with Crippen LogP contribution >= 0.6 is 11.8 Å². The van der Waals surface area contributed by atoms with Crippen LogP contribution in [-0.4, -0.2) is 0 Å². The van der Waals surface area contributed by atoms with Crippen LogP contribution in [0.15, 0.2) is 4.70 Å². The molecule has 0 unspecified atom stereocenters. The first-order valence-corrected chi connectivity index (χ1v) is 0.894. The molecular formula is HClN2O2. The smallest absolute Gasteiger partial charge is 0.0835 e. The zero-order valence-electron chi connectivity index (χ0n) is 2.14. The molecule has 5 heavy (non-hydrogen) atoms. The molecule has 0 saturated carbocycles. The van der Waals surface area contributed by atoms with Gasteiger partial charge in [-0.15, -0.1) is 4.91 Å². The minimum absolute atomic E-state index is 1.72. The summed E-state index contributed by atoms with van der Waals surface area (Å²) in [6, 6.07) is 0. The highest BCUT2D eigenvalue weighted by atomic mass is 35.5. The molecule has 0 spiro atoms. The topological polar surface area (TPSA) is 70.3 Å². The van der Waals surface area contributed by atoms with Crippen LogP contribution in [0, 0.1) is 15.4 Å². The Balaban J connectivity index is 0. The van der Waals surface area contributed by atoms with Crippen LogP contribution in [0.2, 0.25) is 0 Å². The molecule has 0 heterocycles. The van der Waals surface area contributed by atoms with Crippen molar-refractivity contribution in [3.63, 3.8) is 0 Å². The zero-order valence-corrected chi connectivity index (χ0v) is 2.90. The van der Waals surface area contributed by atoms with E-state index in [1.807, 2.05) is 0 Å². The molecule has 0 aliphatic carbocycles. The maximum Gasteiger partial charge on any atom is 0.0835 e. The average Bonchev–Trinajstić information content (AvgIpc) is 1.46. The van der Waals surface area contributed by atoms with Gasteiger partial charge in [-0.05, 0) is 0 Å². The van der Waals surface area contributed by atoms with E-state index >= 15 is 0 Å². The molecule has 0 saturated heterocycles. The molecule has 4 nitrogen and oxygen atoms in total. The van der Waals surface area contributed by atoms with Gasteiger partial charge in [-0.3, -0.25) is 0 Å². The van der Waals surface area contributed by atoms with Gasteiger partial charge in [0.15, 0.2) is 0 Å². The van der Waals surface area contributed by atoms with Crippen molar-refractivity contribution in [1.29, 1.82) is 5.59 Å². The van der Waals surface area contributed by atoms with Gasteiger partial charge in [-0.2, -0.15) is 4.91 Å². The highest BCUT2D eigenvalue weighted by molar-refractivity contribution is 6.14. The SMILES string of the molecule is N=O.O=NCl. The second-order valence-corrected chi connectivity index (χ2v) is 0.207. The first-order valence-electron chi connectivity index (χ1n) is 0.556. The standard InChI is InChI=1S/ClNO.HNO/c1-2-3;1-2/h;1H. The van der Waals surface area contributed by atoms with Crippen LogP contribution in [-0.2, 0) is 0 Å². The highest BCUT2D eigenvalue weighted by Crippen LogP contribution is 1.60. The minimum Gasteiger partial charge on any atom is -0.154 e. The van der Waals surface area contributed by atoms with Crippen molar-refractivity contribution in [3.8, 4) is 0 Å². The summed E-state index contributed by atoms with van der Waals surface area (Å²) >= 11 is 4.07. The van der Waals surface area contributed by atoms with Crippen LogP contribution in [0.3, 0.4) is 0 Å². The minimum atomic E-state index is 1.72. The van der Waals surface area contributed by atoms with E-state index in [0.29, 0.717) is 0 Å². The van der Waals surface area contributed by atoms with Crippen molar-refractivity contribution < 1.29 is 0 Å². The number of halogens is 1. The zero-order chi connectivity index (χ0) is 4.71. The Morgan fingerprint density at radius 3 is 1.60 bits per heavy atom. The Kier molecular flexibility index (Phi) is 159. The normalized spacial score (nSPS) is 3.40. The van der Waals surface area contributed by atoms with Crippen molar-refractivity contribution in [3.05, 3.63) is 9.81 Å². The molecule has 5 heteroatoms. The maximum atomic E-state index is 8.32. The lowest BCUT2D eigenvalue weighted by Gasteiger charge is -1.20. The molecule has 0 aromatic carbocycles. The lowest BCUT2D eigenvalue weighted by atomic mass is 13.7. The van der Waals surface area contributed by atoms with E-state index in [-0.39, 0.29) is 0 Å². The quantitative estimate of drug-likeness (QED) is 0.461. The van der Waals surface area contributed by atoms with E-state index in [1.54, 1.807) is 4.70 Å². The van der Waals surface area contributed by atoms with Gasteiger partial charge in [0, 0.05) is 4.70 Å². The van der Waals surface area contributed by atoms with Crippen molar-refractivity contribution in [2.24, 2.45) is 4.70 Å². The summed E-state index contributed by atoms with van der Waals surface area (Å²) in [5, 5.41) is 0. The predicted molar refractivity (Wildman–Crippen MR) is 17.7 cm³/mol. The molecule has 0 fully saturated rings. The summed E-state index contributed by atoms with van der Waals surface area (Å²) in [6.07, 6.45) is 0.